The zero-order valence-corrected chi connectivity index (χ0v) is 9.71. The molecule has 0 saturated carbocycles. The number of hydrogen-bond acceptors (Lipinski definition) is 3. The van der Waals surface area contributed by atoms with Crippen LogP contribution in [-0.2, 0) is 9.53 Å². The number of carbonyl (C=O) groups excluding carboxylic acids is 1. The molecule has 0 aliphatic rings. The number of ether oxygens (including phenoxy) is 1. The Hall–Kier alpha value is -1.58. The van der Waals surface area contributed by atoms with E-state index in [-0.39, 0.29) is 11.8 Å². The Morgan fingerprint density at radius 1 is 1.56 bits per heavy atom. The number of aryl methyl sites for hydroxylation is 1. The molecule has 1 atom stereocenters. The summed E-state index contributed by atoms with van der Waals surface area (Å²) in [7, 11) is 0. The molecule has 0 aliphatic heterocycles. The molecular formula is C12H16FNO2. The number of nitrogens with one attached hydrogen (secondary N) is 1. The van der Waals surface area contributed by atoms with E-state index in [1.807, 2.05) is 6.92 Å². The van der Waals surface area contributed by atoms with Crippen LogP contribution in [-0.4, -0.2) is 18.6 Å². The van der Waals surface area contributed by atoms with Crippen LogP contribution in [0.15, 0.2) is 18.2 Å². The molecule has 0 saturated heterocycles. The first-order valence-corrected chi connectivity index (χ1v) is 5.24. The Morgan fingerprint density at radius 2 is 2.25 bits per heavy atom. The van der Waals surface area contributed by atoms with Crippen molar-refractivity contribution in [1.29, 1.82) is 0 Å². The molecular weight excluding hydrogens is 209 g/mol. The minimum Gasteiger partial charge on any atom is -0.464 e. The van der Waals surface area contributed by atoms with Crippen LogP contribution in [0.1, 0.15) is 19.4 Å². The summed E-state index contributed by atoms with van der Waals surface area (Å²) >= 11 is 0. The largest absolute Gasteiger partial charge is 0.464 e. The van der Waals surface area contributed by atoms with Gasteiger partial charge in [-0.15, -0.1) is 0 Å². The molecule has 0 heterocycles. The molecule has 0 spiro atoms. The van der Waals surface area contributed by atoms with Crippen LogP contribution < -0.4 is 5.32 Å². The van der Waals surface area contributed by atoms with E-state index in [0.29, 0.717) is 12.3 Å². The average molecular weight is 225 g/mol. The third kappa shape index (κ3) is 3.22. The second-order valence-electron chi connectivity index (χ2n) is 3.60. The van der Waals surface area contributed by atoms with Crippen molar-refractivity contribution in [2.24, 2.45) is 0 Å². The summed E-state index contributed by atoms with van der Waals surface area (Å²) in [5, 5.41) is 2.77. The van der Waals surface area contributed by atoms with Crippen molar-refractivity contribution in [3.63, 3.8) is 0 Å². The number of halogens is 1. The molecule has 0 radical (unpaired) electrons. The first-order chi connectivity index (χ1) is 7.54. The second kappa shape index (κ2) is 5.49. The van der Waals surface area contributed by atoms with Gasteiger partial charge in [0.15, 0.2) is 0 Å². The van der Waals surface area contributed by atoms with Gasteiger partial charge in [0.25, 0.3) is 0 Å². The van der Waals surface area contributed by atoms with Gasteiger partial charge in [0.05, 0.1) is 12.3 Å². The molecule has 1 unspecified atom stereocenters. The van der Waals surface area contributed by atoms with E-state index in [1.54, 1.807) is 26.0 Å². The normalized spacial score (nSPS) is 12.0. The standard InChI is InChI=1S/C12H16FNO2/c1-4-16-12(15)9(3)14-11-6-5-8(2)7-10(11)13/h5-7,9,14H,4H2,1-3H3. The van der Waals surface area contributed by atoms with Crippen LogP contribution in [0.3, 0.4) is 0 Å². The molecule has 16 heavy (non-hydrogen) atoms. The number of hydrogen-bond donors (Lipinski definition) is 1. The van der Waals surface area contributed by atoms with Crippen molar-refractivity contribution in [1.82, 2.24) is 0 Å². The SMILES string of the molecule is CCOC(=O)C(C)Nc1ccc(C)cc1F. The Balaban J connectivity index is 2.69. The van der Waals surface area contributed by atoms with Crippen molar-refractivity contribution in [2.75, 3.05) is 11.9 Å². The fourth-order valence-electron chi connectivity index (χ4n) is 1.30. The third-order valence-electron chi connectivity index (χ3n) is 2.14. The van der Waals surface area contributed by atoms with Crippen molar-refractivity contribution in [2.45, 2.75) is 26.8 Å². The molecule has 1 rings (SSSR count). The van der Waals surface area contributed by atoms with Crippen LogP contribution in [0.5, 0.6) is 0 Å². The molecule has 1 aromatic carbocycles. The fourth-order valence-corrected chi connectivity index (χ4v) is 1.30. The maximum atomic E-state index is 13.4. The van der Waals surface area contributed by atoms with Gasteiger partial charge in [0, 0.05) is 0 Å². The molecule has 0 aliphatic carbocycles. The Labute approximate surface area is 94.6 Å². The zero-order valence-electron chi connectivity index (χ0n) is 9.71. The van der Waals surface area contributed by atoms with E-state index in [1.165, 1.54) is 6.07 Å². The van der Waals surface area contributed by atoms with Gasteiger partial charge in [-0.25, -0.2) is 9.18 Å². The quantitative estimate of drug-likeness (QED) is 0.800. The predicted octanol–water partition coefficient (Wildman–Crippen LogP) is 2.50. The summed E-state index contributed by atoms with van der Waals surface area (Å²) in [5.74, 6) is -0.751. The molecule has 3 nitrogen and oxygen atoms in total. The van der Waals surface area contributed by atoms with Crippen molar-refractivity contribution >= 4 is 11.7 Å². The van der Waals surface area contributed by atoms with E-state index in [9.17, 15) is 9.18 Å². The molecule has 0 fully saturated rings. The number of anilines is 1. The highest BCUT2D eigenvalue weighted by Gasteiger charge is 2.14. The first-order valence-electron chi connectivity index (χ1n) is 5.24. The van der Waals surface area contributed by atoms with Crippen molar-refractivity contribution < 1.29 is 13.9 Å². The molecule has 0 bridgehead atoms. The highest BCUT2D eigenvalue weighted by atomic mass is 19.1. The summed E-state index contributed by atoms with van der Waals surface area (Å²) in [5.41, 5.74) is 1.15. The first kappa shape index (κ1) is 12.5. The lowest BCUT2D eigenvalue weighted by molar-refractivity contribution is -0.143. The van der Waals surface area contributed by atoms with Gasteiger partial charge < -0.3 is 10.1 Å². The Kier molecular flexibility index (Phi) is 4.28. The average Bonchev–Trinajstić information content (AvgIpc) is 2.22. The predicted molar refractivity (Wildman–Crippen MR) is 60.9 cm³/mol. The van der Waals surface area contributed by atoms with Gasteiger partial charge >= 0.3 is 5.97 Å². The lowest BCUT2D eigenvalue weighted by Crippen LogP contribution is -2.28. The summed E-state index contributed by atoms with van der Waals surface area (Å²) in [6, 6.07) is 4.25. The lowest BCUT2D eigenvalue weighted by Gasteiger charge is -2.14. The second-order valence-corrected chi connectivity index (χ2v) is 3.60. The van der Waals surface area contributed by atoms with E-state index in [4.69, 9.17) is 4.74 Å². The Bertz CT molecular complexity index is 379. The van der Waals surface area contributed by atoms with Gasteiger partial charge in [-0.3, -0.25) is 0 Å². The number of benzene rings is 1. The summed E-state index contributed by atoms with van der Waals surface area (Å²) in [6.45, 7) is 5.50. The lowest BCUT2D eigenvalue weighted by atomic mass is 10.2. The van der Waals surface area contributed by atoms with Gasteiger partial charge in [-0.2, -0.15) is 0 Å². The third-order valence-corrected chi connectivity index (χ3v) is 2.14. The summed E-state index contributed by atoms with van der Waals surface area (Å²) < 4.78 is 18.3. The molecule has 1 aromatic rings. The van der Waals surface area contributed by atoms with Crippen LogP contribution >= 0.6 is 0 Å². The van der Waals surface area contributed by atoms with Gasteiger partial charge in [0.2, 0.25) is 0 Å². The van der Waals surface area contributed by atoms with Crippen LogP contribution in [0, 0.1) is 12.7 Å². The number of rotatable bonds is 4. The van der Waals surface area contributed by atoms with Crippen LogP contribution in [0.2, 0.25) is 0 Å². The molecule has 0 amide bonds. The van der Waals surface area contributed by atoms with Gasteiger partial charge in [0.1, 0.15) is 11.9 Å². The smallest absolute Gasteiger partial charge is 0.328 e. The van der Waals surface area contributed by atoms with E-state index >= 15 is 0 Å². The zero-order chi connectivity index (χ0) is 12.1. The topological polar surface area (TPSA) is 38.3 Å². The molecule has 88 valence electrons. The molecule has 0 aromatic heterocycles. The van der Waals surface area contributed by atoms with E-state index < -0.39 is 6.04 Å². The fraction of sp³-hybridized carbons (Fsp3) is 0.417. The Morgan fingerprint density at radius 3 is 2.81 bits per heavy atom. The number of carbonyl (C=O) groups is 1. The number of esters is 1. The molecule has 1 N–H and O–H groups in total. The van der Waals surface area contributed by atoms with Crippen LogP contribution in [0.25, 0.3) is 0 Å². The van der Waals surface area contributed by atoms with Gasteiger partial charge in [-0.1, -0.05) is 6.07 Å². The van der Waals surface area contributed by atoms with Crippen molar-refractivity contribution in [3.8, 4) is 0 Å². The highest BCUT2D eigenvalue weighted by Crippen LogP contribution is 2.16. The summed E-state index contributed by atoms with van der Waals surface area (Å²) in [6.07, 6.45) is 0. The maximum Gasteiger partial charge on any atom is 0.328 e. The van der Waals surface area contributed by atoms with Crippen LogP contribution in [0.4, 0.5) is 10.1 Å². The van der Waals surface area contributed by atoms with E-state index in [0.717, 1.165) is 5.56 Å². The summed E-state index contributed by atoms with van der Waals surface area (Å²) in [4.78, 5) is 11.3. The minimum absolute atomic E-state index is 0.311. The van der Waals surface area contributed by atoms with Gasteiger partial charge in [-0.05, 0) is 38.5 Å². The molecule has 4 heteroatoms. The minimum atomic E-state index is -0.558. The monoisotopic (exact) mass is 225 g/mol. The van der Waals surface area contributed by atoms with Crippen molar-refractivity contribution in [3.05, 3.63) is 29.6 Å². The van der Waals surface area contributed by atoms with E-state index in [2.05, 4.69) is 5.32 Å². The maximum absolute atomic E-state index is 13.4. The highest BCUT2D eigenvalue weighted by molar-refractivity contribution is 5.78.